The molecule has 2 aromatic rings. The topological polar surface area (TPSA) is 88.3 Å². The first-order valence-electron chi connectivity index (χ1n) is 6.21. The van der Waals surface area contributed by atoms with Crippen molar-refractivity contribution in [3.8, 4) is 5.69 Å². The van der Waals surface area contributed by atoms with E-state index in [1.807, 2.05) is 30.3 Å². The van der Waals surface area contributed by atoms with Crippen molar-refractivity contribution in [2.45, 2.75) is 0 Å². The molecule has 2 rings (SSSR count). The lowest BCUT2D eigenvalue weighted by Crippen LogP contribution is -2.36. The molecule has 0 spiro atoms. The highest BCUT2D eigenvalue weighted by atomic mass is 16.4. The first kappa shape index (κ1) is 14.4. The summed E-state index contributed by atoms with van der Waals surface area (Å²) in [4.78, 5) is 24.1. The Morgan fingerprint density at radius 3 is 2.67 bits per heavy atom. The standard InChI is InChI=1S/C14H14N4O3/c1-2-8-17(10-13(19)20)14(21)12-9-18(16-15-12)11-6-4-3-5-7-11/h2-7,9H,1,8,10H2,(H,19,20). The molecule has 7 heteroatoms. The molecular weight excluding hydrogens is 272 g/mol. The van der Waals surface area contributed by atoms with Gasteiger partial charge < -0.3 is 10.0 Å². The Morgan fingerprint density at radius 1 is 1.33 bits per heavy atom. The number of aliphatic carboxylic acids is 1. The van der Waals surface area contributed by atoms with Crippen LogP contribution in [0.1, 0.15) is 10.5 Å². The van der Waals surface area contributed by atoms with Crippen molar-refractivity contribution in [1.82, 2.24) is 19.9 Å². The molecule has 0 saturated carbocycles. The number of aromatic nitrogens is 3. The summed E-state index contributed by atoms with van der Waals surface area (Å²) >= 11 is 0. The van der Waals surface area contributed by atoms with Crippen LogP contribution < -0.4 is 0 Å². The maximum absolute atomic E-state index is 12.2. The number of benzene rings is 1. The van der Waals surface area contributed by atoms with Crippen LogP contribution in [0.2, 0.25) is 0 Å². The van der Waals surface area contributed by atoms with E-state index in [4.69, 9.17) is 5.11 Å². The van der Waals surface area contributed by atoms with Crippen molar-refractivity contribution < 1.29 is 14.7 Å². The highest BCUT2D eigenvalue weighted by Crippen LogP contribution is 2.07. The first-order valence-corrected chi connectivity index (χ1v) is 6.21. The predicted molar refractivity (Wildman–Crippen MR) is 75.1 cm³/mol. The molecule has 1 heterocycles. The van der Waals surface area contributed by atoms with Crippen molar-refractivity contribution >= 4 is 11.9 Å². The Morgan fingerprint density at radius 2 is 2.05 bits per heavy atom. The number of rotatable bonds is 6. The summed E-state index contributed by atoms with van der Waals surface area (Å²) in [7, 11) is 0. The zero-order valence-corrected chi connectivity index (χ0v) is 11.2. The molecule has 1 N–H and O–H groups in total. The highest BCUT2D eigenvalue weighted by molar-refractivity contribution is 5.94. The van der Waals surface area contributed by atoms with E-state index in [0.717, 1.165) is 10.6 Å². The van der Waals surface area contributed by atoms with Gasteiger partial charge in [0.15, 0.2) is 5.69 Å². The number of carboxylic acids is 1. The number of carboxylic acid groups (broad SMARTS) is 1. The van der Waals surface area contributed by atoms with Crippen molar-refractivity contribution in [2.75, 3.05) is 13.1 Å². The molecule has 1 aromatic carbocycles. The number of hydrogen-bond donors (Lipinski definition) is 1. The van der Waals surface area contributed by atoms with Gasteiger partial charge in [0.05, 0.1) is 11.9 Å². The number of carbonyl (C=O) groups excluding carboxylic acids is 1. The van der Waals surface area contributed by atoms with Crippen molar-refractivity contribution in [3.05, 3.63) is 54.9 Å². The summed E-state index contributed by atoms with van der Waals surface area (Å²) < 4.78 is 1.46. The summed E-state index contributed by atoms with van der Waals surface area (Å²) in [6, 6.07) is 9.19. The van der Waals surface area contributed by atoms with E-state index in [2.05, 4.69) is 16.9 Å². The summed E-state index contributed by atoms with van der Waals surface area (Å²) in [6.45, 7) is 3.22. The second-order valence-corrected chi connectivity index (χ2v) is 4.25. The molecule has 0 atom stereocenters. The van der Waals surface area contributed by atoms with E-state index in [1.54, 1.807) is 0 Å². The molecule has 21 heavy (non-hydrogen) atoms. The molecule has 0 aliphatic heterocycles. The predicted octanol–water partition coefficient (Wildman–Crippen LogP) is 0.980. The number of amides is 1. The average Bonchev–Trinajstić information content (AvgIpc) is 2.96. The molecule has 0 aliphatic rings. The van der Waals surface area contributed by atoms with Gasteiger partial charge in [-0.15, -0.1) is 11.7 Å². The van der Waals surface area contributed by atoms with Crippen LogP contribution in [0.4, 0.5) is 0 Å². The van der Waals surface area contributed by atoms with Crippen LogP contribution in [0.15, 0.2) is 49.2 Å². The summed E-state index contributed by atoms with van der Waals surface area (Å²) in [6.07, 6.45) is 2.93. The molecule has 7 nitrogen and oxygen atoms in total. The lowest BCUT2D eigenvalue weighted by Gasteiger charge is -2.16. The summed E-state index contributed by atoms with van der Waals surface area (Å²) in [5, 5.41) is 16.5. The Balaban J connectivity index is 2.21. The molecule has 108 valence electrons. The molecule has 0 radical (unpaired) electrons. The molecule has 0 aliphatic carbocycles. The SMILES string of the molecule is C=CCN(CC(=O)O)C(=O)c1cn(-c2ccccc2)nn1. The van der Waals surface area contributed by atoms with Gasteiger partial charge in [0.25, 0.3) is 5.91 Å². The van der Waals surface area contributed by atoms with Gasteiger partial charge in [-0.25, -0.2) is 4.68 Å². The molecule has 0 fully saturated rings. The Hall–Kier alpha value is -2.96. The minimum absolute atomic E-state index is 0.0851. The molecular formula is C14H14N4O3. The average molecular weight is 286 g/mol. The molecule has 1 aromatic heterocycles. The largest absolute Gasteiger partial charge is 0.480 e. The fourth-order valence-corrected chi connectivity index (χ4v) is 1.77. The third-order valence-corrected chi connectivity index (χ3v) is 2.70. The van der Waals surface area contributed by atoms with E-state index < -0.39 is 18.4 Å². The van der Waals surface area contributed by atoms with Gasteiger partial charge in [0.2, 0.25) is 0 Å². The third kappa shape index (κ3) is 3.53. The van der Waals surface area contributed by atoms with Crippen LogP contribution in [0, 0.1) is 0 Å². The van der Waals surface area contributed by atoms with E-state index in [1.165, 1.54) is 17.0 Å². The minimum Gasteiger partial charge on any atom is -0.480 e. The second-order valence-electron chi connectivity index (χ2n) is 4.25. The van der Waals surface area contributed by atoms with Crippen molar-refractivity contribution in [2.24, 2.45) is 0 Å². The van der Waals surface area contributed by atoms with E-state index >= 15 is 0 Å². The van der Waals surface area contributed by atoms with Crippen molar-refractivity contribution in [3.63, 3.8) is 0 Å². The molecule has 0 unspecified atom stereocenters. The van der Waals surface area contributed by atoms with Gasteiger partial charge in [-0.1, -0.05) is 29.5 Å². The lowest BCUT2D eigenvalue weighted by molar-refractivity contribution is -0.137. The maximum Gasteiger partial charge on any atom is 0.323 e. The first-order chi connectivity index (χ1) is 10.1. The summed E-state index contributed by atoms with van der Waals surface area (Å²) in [5.41, 5.74) is 0.847. The third-order valence-electron chi connectivity index (χ3n) is 2.70. The minimum atomic E-state index is -1.10. The molecule has 0 bridgehead atoms. The fraction of sp³-hybridized carbons (Fsp3) is 0.143. The number of hydrogen-bond acceptors (Lipinski definition) is 4. The van der Waals surface area contributed by atoms with Gasteiger partial charge in [-0.05, 0) is 12.1 Å². The Labute approximate surface area is 121 Å². The quantitative estimate of drug-likeness (QED) is 0.800. The maximum atomic E-state index is 12.2. The fourth-order valence-electron chi connectivity index (χ4n) is 1.77. The monoisotopic (exact) mass is 286 g/mol. The van der Waals surface area contributed by atoms with E-state index in [9.17, 15) is 9.59 Å². The molecule has 1 amide bonds. The van der Waals surface area contributed by atoms with Gasteiger partial charge >= 0.3 is 5.97 Å². The molecule has 0 saturated heterocycles. The van der Waals surface area contributed by atoms with Gasteiger partial charge in [0, 0.05) is 6.54 Å². The zero-order chi connectivity index (χ0) is 15.2. The number of carbonyl (C=O) groups is 2. The van der Waals surface area contributed by atoms with Crippen LogP contribution in [-0.2, 0) is 4.79 Å². The highest BCUT2D eigenvalue weighted by Gasteiger charge is 2.20. The van der Waals surface area contributed by atoms with Crippen LogP contribution in [-0.4, -0.2) is 50.0 Å². The Bertz CT molecular complexity index is 651. The second kappa shape index (κ2) is 6.47. The number of nitrogens with zero attached hydrogens (tertiary/aromatic N) is 4. The smallest absolute Gasteiger partial charge is 0.323 e. The van der Waals surface area contributed by atoms with Gasteiger partial charge in [-0.2, -0.15) is 0 Å². The van der Waals surface area contributed by atoms with Crippen LogP contribution >= 0.6 is 0 Å². The normalized spacial score (nSPS) is 10.1. The summed E-state index contributed by atoms with van der Waals surface area (Å²) in [5.74, 6) is -1.60. The van der Waals surface area contributed by atoms with Crippen LogP contribution in [0.3, 0.4) is 0 Å². The van der Waals surface area contributed by atoms with E-state index in [0.29, 0.717) is 0 Å². The van der Waals surface area contributed by atoms with Crippen LogP contribution in [0.5, 0.6) is 0 Å². The number of para-hydroxylation sites is 1. The van der Waals surface area contributed by atoms with E-state index in [-0.39, 0.29) is 12.2 Å². The van der Waals surface area contributed by atoms with Gasteiger partial charge in [-0.3, -0.25) is 9.59 Å². The van der Waals surface area contributed by atoms with Gasteiger partial charge in [0.1, 0.15) is 6.54 Å². The lowest BCUT2D eigenvalue weighted by atomic mass is 10.3. The Kier molecular flexibility index (Phi) is 4.45. The zero-order valence-electron chi connectivity index (χ0n) is 11.2. The van der Waals surface area contributed by atoms with Crippen molar-refractivity contribution in [1.29, 1.82) is 0 Å². The van der Waals surface area contributed by atoms with Crippen LogP contribution in [0.25, 0.3) is 5.69 Å².